The second-order valence-corrected chi connectivity index (χ2v) is 2.90. The molecule has 88 valence electrons. The Kier molecular flexibility index (Phi) is 3.51. The number of carbonyl (C=O) groups excluding carboxylic acids is 1. The van der Waals surface area contributed by atoms with Crippen LogP contribution in [0.25, 0.3) is 0 Å². The summed E-state index contributed by atoms with van der Waals surface area (Å²) < 4.78 is 54.0. The Morgan fingerprint density at radius 1 is 1.38 bits per heavy atom. The molecule has 0 saturated carbocycles. The first-order valence-corrected chi connectivity index (χ1v) is 4.40. The van der Waals surface area contributed by atoms with Crippen molar-refractivity contribution in [3.8, 4) is 5.75 Å². The zero-order chi connectivity index (χ0) is 12.3. The zero-order valence-electron chi connectivity index (χ0n) is 8.27. The maximum absolute atomic E-state index is 12.8. The summed E-state index contributed by atoms with van der Waals surface area (Å²) in [6.07, 6.45) is -5.00. The van der Waals surface area contributed by atoms with Gasteiger partial charge in [-0.25, -0.2) is 4.39 Å². The minimum absolute atomic E-state index is 0.0432. The van der Waals surface area contributed by atoms with Crippen molar-refractivity contribution in [2.75, 3.05) is 6.61 Å². The summed E-state index contributed by atoms with van der Waals surface area (Å²) in [4.78, 5) is 10.9. The molecule has 0 fully saturated rings. The van der Waals surface area contributed by atoms with Gasteiger partial charge in [0.2, 0.25) is 0 Å². The maximum Gasteiger partial charge on any atom is 0.455 e. The van der Waals surface area contributed by atoms with Crippen molar-refractivity contribution in [2.45, 2.75) is 13.1 Å². The van der Waals surface area contributed by atoms with E-state index in [2.05, 4.69) is 0 Å². The highest BCUT2D eigenvalue weighted by atomic mass is 19.4. The highest BCUT2D eigenvalue weighted by molar-refractivity contribution is 6.02. The zero-order valence-corrected chi connectivity index (χ0v) is 8.27. The van der Waals surface area contributed by atoms with Crippen molar-refractivity contribution < 1.29 is 27.1 Å². The third-order valence-corrected chi connectivity index (χ3v) is 1.75. The van der Waals surface area contributed by atoms with Gasteiger partial charge in [-0.1, -0.05) is 0 Å². The molecule has 6 heteroatoms. The van der Waals surface area contributed by atoms with Crippen molar-refractivity contribution in [2.24, 2.45) is 0 Å². The summed E-state index contributed by atoms with van der Waals surface area (Å²) in [7, 11) is 0. The monoisotopic (exact) mass is 236 g/mol. The molecule has 1 rings (SSSR count). The second-order valence-electron chi connectivity index (χ2n) is 2.90. The van der Waals surface area contributed by atoms with Gasteiger partial charge in [-0.05, 0) is 19.1 Å². The van der Waals surface area contributed by atoms with Crippen LogP contribution in [0.1, 0.15) is 17.3 Å². The largest absolute Gasteiger partial charge is 0.493 e. The van der Waals surface area contributed by atoms with Crippen LogP contribution in [0.5, 0.6) is 5.75 Å². The van der Waals surface area contributed by atoms with Crippen molar-refractivity contribution in [1.82, 2.24) is 0 Å². The SMILES string of the molecule is CCOc1cc(F)ccc1C(=O)C(F)(F)F. The number of alkyl halides is 3. The topological polar surface area (TPSA) is 26.3 Å². The fourth-order valence-electron chi connectivity index (χ4n) is 1.11. The van der Waals surface area contributed by atoms with Gasteiger partial charge in [-0.3, -0.25) is 4.79 Å². The summed E-state index contributed by atoms with van der Waals surface area (Å²) in [5, 5.41) is 0. The lowest BCUT2D eigenvalue weighted by atomic mass is 10.1. The average molecular weight is 236 g/mol. The van der Waals surface area contributed by atoms with Gasteiger partial charge in [0.25, 0.3) is 5.78 Å². The molecular weight excluding hydrogens is 228 g/mol. The molecule has 1 aromatic carbocycles. The third kappa shape index (κ3) is 2.71. The number of hydrogen-bond donors (Lipinski definition) is 0. The Labute approximate surface area is 88.8 Å². The van der Waals surface area contributed by atoms with Crippen LogP contribution in [0.3, 0.4) is 0 Å². The number of carbonyl (C=O) groups is 1. The molecule has 0 amide bonds. The molecule has 0 bridgehead atoms. The van der Waals surface area contributed by atoms with Gasteiger partial charge in [0, 0.05) is 6.07 Å². The van der Waals surface area contributed by atoms with E-state index < -0.39 is 29.1 Å². The minimum Gasteiger partial charge on any atom is -0.493 e. The molecule has 0 aliphatic heterocycles. The number of Topliss-reactive ketones (excluding diaryl/α,β-unsaturated/α-hetero) is 1. The van der Waals surface area contributed by atoms with Crippen molar-refractivity contribution in [3.63, 3.8) is 0 Å². The fraction of sp³-hybridized carbons (Fsp3) is 0.300. The van der Waals surface area contributed by atoms with Gasteiger partial charge in [0.15, 0.2) is 0 Å². The number of rotatable bonds is 3. The Balaban J connectivity index is 3.17. The van der Waals surface area contributed by atoms with Crippen LogP contribution >= 0.6 is 0 Å². The predicted molar refractivity (Wildman–Crippen MR) is 48.0 cm³/mol. The molecule has 0 radical (unpaired) electrons. The van der Waals surface area contributed by atoms with E-state index in [1.165, 1.54) is 6.92 Å². The van der Waals surface area contributed by atoms with Crippen molar-refractivity contribution in [3.05, 3.63) is 29.6 Å². The number of halogens is 4. The highest BCUT2D eigenvalue weighted by Crippen LogP contribution is 2.28. The van der Waals surface area contributed by atoms with Crippen LogP contribution in [0.2, 0.25) is 0 Å². The van der Waals surface area contributed by atoms with Crippen LogP contribution in [0.4, 0.5) is 17.6 Å². The molecule has 0 spiro atoms. The summed E-state index contributed by atoms with van der Waals surface area (Å²) in [5.74, 6) is -3.21. The van der Waals surface area contributed by atoms with E-state index >= 15 is 0 Å². The third-order valence-electron chi connectivity index (χ3n) is 1.75. The molecule has 1 aromatic rings. The van der Waals surface area contributed by atoms with Crippen molar-refractivity contribution in [1.29, 1.82) is 0 Å². The van der Waals surface area contributed by atoms with Gasteiger partial charge < -0.3 is 4.74 Å². The lowest BCUT2D eigenvalue weighted by Crippen LogP contribution is -2.23. The maximum atomic E-state index is 12.8. The van der Waals surface area contributed by atoms with Crippen LogP contribution < -0.4 is 4.74 Å². The van der Waals surface area contributed by atoms with Gasteiger partial charge >= 0.3 is 6.18 Å². The summed E-state index contributed by atoms with van der Waals surface area (Å²) >= 11 is 0. The standard InChI is InChI=1S/C10H8F4O2/c1-2-16-8-5-6(11)3-4-7(8)9(15)10(12,13)14/h3-5H,2H2,1H3. The van der Waals surface area contributed by atoms with E-state index in [9.17, 15) is 22.4 Å². The normalized spacial score (nSPS) is 11.3. The Hall–Kier alpha value is -1.59. The molecule has 0 aromatic heterocycles. The molecule has 2 nitrogen and oxygen atoms in total. The molecule has 0 aliphatic rings. The molecule has 16 heavy (non-hydrogen) atoms. The molecule has 0 saturated heterocycles. The molecule has 0 unspecified atom stereocenters. The number of ketones is 1. The first-order valence-electron chi connectivity index (χ1n) is 4.40. The average Bonchev–Trinajstić information content (AvgIpc) is 2.16. The lowest BCUT2D eigenvalue weighted by molar-refractivity contribution is -0.0886. The second kappa shape index (κ2) is 4.51. The number of benzene rings is 1. The molecule has 0 heterocycles. The molecule has 0 aliphatic carbocycles. The smallest absolute Gasteiger partial charge is 0.455 e. The Bertz CT molecular complexity index is 398. The van der Waals surface area contributed by atoms with E-state index in [-0.39, 0.29) is 6.61 Å². The minimum atomic E-state index is -5.00. The van der Waals surface area contributed by atoms with E-state index in [1.807, 2.05) is 0 Å². The quantitative estimate of drug-likeness (QED) is 0.595. The van der Waals surface area contributed by atoms with Gasteiger partial charge in [0.1, 0.15) is 11.6 Å². The highest BCUT2D eigenvalue weighted by Gasteiger charge is 2.40. The van der Waals surface area contributed by atoms with Crippen LogP contribution in [0, 0.1) is 5.82 Å². The predicted octanol–water partition coefficient (Wildman–Crippen LogP) is 2.97. The Morgan fingerprint density at radius 3 is 2.50 bits per heavy atom. The Morgan fingerprint density at radius 2 is 2.00 bits per heavy atom. The molecule has 0 atom stereocenters. The van der Waals surface area contributed by atoms with Crippen LogP contribution in [0.15, 0.2) is 18.2 Å². The summed E-state index contributed by atoms with van der Waals surface area (Å²) in [5.41, 5.74) is -0.684. The fourth-order valence-corrected chi connectivity index (χ4v) is 1.11. The van der Waals surface area contributed by atoms with E-state index in [0.717, 1.165) is 18.2 Å². The van der Waals surface area contributed by atoms with E-state index in [4.69, 9.17) is 4.74 Å². The first-order chi connectivity index (χ1) is 7.36. The van der Waals surface area contributed by atoms with Gasteiger partial charge in [-0.15, -0.1) is 0 Å². The number of hydrogen-bond acceptors (Lipinski definition) is 2. The van der Waals surface area contributed by atoms with Gasteiger partial charge in [-0.2, -0.15) is 13.2 Å². The first kappa shape index (κ1) is 12.5. The molecular formula is C10H8F4O2. The summed E-state index contributed by atoms with van der Waals surface area (Å²) in [6.45, 7) is 1.56. The van der Waals surface area contributed by atoms with Crippen molar-refractivity contribution >= 4 is 5.78 Å². The summed E-state index contributed by atoms with van der Waals surface area (Å²) in [6, 6.07) is 2.29. The lowest BCUT2D eigenvalue weighted by Gasteiger charge is -2.10. The van der Waals surface area contributed by atoms with Crippen LogP contribution in [-0.4, -0.2) is 18.6 Å². The van der Waals surface area contributed by atoms with Crippen LogP contribution in [-0.2, 0) is 0 Å². The number of ether oxygens (including phenoxy) is 1. The van der Waals surface area contributed by atoms with Gasteiger partial charge in [0.05, 0.1) is 12.2 Å². The van der Waals surface area contributed by atoms with E-state index in [1.54, 1.807) is 0 Å². The molecule has 0 N–H and O–H groups in total. The van der Waals surface area contributed by atoms with E-state index in [0.29, 0.717) is 0 Å².